The van der Waals surface area contributed by atoms with Gasteiger partial charge in [0.15, 0.2) is 5.16 Å². The molecular formula is C13H15ClN4O2S. The number of aryl methyl sites for hydroxylation is 1. The van der Waals surface area contributed by atoms with Crippen LogP contribution in [0.3, 0.4) is 0 Å². The summed E-state index contributed by atoms with van der Waals surface area (Å²) in [5, 5.41) is 3.43. The van der Waals surface area contributed by atoms with Crippen LogP contribution in [-0.4, -0.2) is 20.8 Å². The van der Waals surface area contributed by atoms with Crippen LogP contribution in [0, 0.1) is 0 Å². The first-order chi connectivity index (χ1) is 9.86. The van der Waals surface area contributed by atoms with Gasteiger partial charge in [0.1, 0.15) is 0 Å². The summed E-state index contributed by atoms with van der Waals surface area (Å²) < 4.78 is 1.42. The zero-order valence-corrected chi connectivity index (χ0v) is 13.2. The highest BCUT2D eigenvalue weighted by atomic mass is 35.5. The Bertz CT molecular complexity index is 769. The average Bonchev–Trinajstić information content (AvgIpc) is 2.38. The summed E-state index contributed by atoms with van der Waals surface area (Å²) in [5.41, 5.74) is 5.27. The fourth-order valence-corrected chi connectivity index (χ4v) is 2.92. The van der Waals surface area contributed by atoms with Crippen LogP contribution in [0.4, 0.5) is 0 Å². The molecule has 0 aliphatic carbocycles. The van der Waals surface area contributed by atoms with E-state index in [0.717, 1.165) is 10.5 Å². The molecule has 0 saturated heterocycles. The maximum atomic E-state index is 11.4. The Morgan fingerprint density at radius 3 is 2.86 bits per heavy atom. The second-order valence-electron chi connectivity index (χ2n) is 4.73. The minimum atomic E-state index is -0.807. The number of nitrogens with two attached hydrogens (primary N) is 1. The second-order valence-corrected chi connectivity index (χ2v) is 6.18. The summed E-state index contributed by atoms with van der Waals surface area (Å²) in [6, 6.07) is 5.44. The van der Waals surface area contributed by atoms with Gasteiger partial charge in [0.05, 0.1) is 0 Å². The van der Waals surface area contributed by atoms with E-state index in [1.54, 1.807) is 13.1 Å². The van der Waals surface area contributed by atoms with Crippen LogP contribution in [0.5, 0.6) is 0 Å². The van der Waals surface area contributed by atoms with Crippen molar-refractivity contribution in [1.29, 1.82) is 0 Å². The molecule has 0 aliphatic heterocycles. The zero-order chi connectivity index (χ0) is 15.6. The van der Waals surface area contributed by atoms with Gasteiger partial charge in [-0.3, -0.25) is 19.4 Å². The molecule has 6 nitrogen and oxygen atoms in total. The van der Waals surface area contributed by atoms with Crippen molar-refractivity contribution in [2.75, 3.05) is 0 Å². The van der Waals surface area contributed by atoms with E-state index in [0.29, 0.717) is 16.6 Å². The molecule has 0 bridgehead atoms. The largest absolute Gasteiger partial charge is 0.339 e. The van der Waals surface area contributed by atoms with E-state index in [9.17, 15) is 9.59 Å². The molecule has 1 atom stereocenters. The third-order valence-corrected chi connectivity index (χ3v) is 4.11. The molecule has 3 N–H and O–H groups in total. The van der Waals surface area contributed by atoms with Crippen molar-refractivity contribution in [3.63, 3.8) is 0 Å². The second kappa shape index (κ2) is 6.46. The summed E-state index contributed by atoms with van der Waals surface area (Å²) in [5.74, 6) is 0. The average molecular weight is 327 g/mol. The van der Waals surface area contributed by atoms with Crippen LogP contribution in [0.1, 0.15) is 12.5 Å². The normalized spacial score (nSPS) is 12.4. The molecule has 0 aliphatic rings. The Balaban J connectivity index is 2.42. The monoisotopic (exact) mass is 326 g/mol. The lowest BCUT2D eigenvalue weighted by molar-refractivity contribution is 0.596. The lowest BCUT2D eigenvalue weighted by atomic mass is 10.1. The van der Waals surface area contributed by atoms with E-state index in [2.05, 4.69) is 10.1 Å². The van der Waals surface area contributed by atoms with Gasteiger partial charge in [-0.1, -0.05) is 11.6 Å². The number of H-pyrrole nitrogens is 1. The van der Waals surface area contributed by atoms with Gasteiger partial charge in [0.25, 0.3) is 0 Å². The predicted molar refractivity (Wildman–Crippen MR) is 83.0 cm³/mol. The molecule has 1 aromatic carbocycles. The highest BCUT2D eigenvalue weighted by Gasteiger charge is 2.11. The summed E-state index contributed by atoms with van der Waals surface area (Å²) in [6.45, 7) is 1.91. The van der Waals surface area contributed by atoms with Gasteiger partial charge in [0.2, 0.25) is 0 Å². The molecule has 2 aromatic rings. The first-order valence-electron chi connectivity index (χ1n) is 6.26. The Hall–Kier alpha value is -1.57. The fraction of sp³-hybridized carbons (Fsp3) is 0.308. The van der Waals surface area contributed by atoms with E-state index in [4.69, 9.17) is 17.3 Å². The van der Waals surface area contributed by atoms with Crippen LogP contribution < -0.4 is 16.9 Å². The van der Waals surface area contributed by atoms with Crippen molar-refractivity contribution >= 4 is 23.4 Å². The number of hydrogen-bond donors (Lipinski definition) is 2. The van der Waals surface area contributed by atoms with Crippen molar-refractivity contribution in [3.05, 3.63) is 49.5 Å². The first-order valence-corrected chi connectivity index (χ1v) is 7.45. The minimum Gasteiger partial charge on any atom is -0.328 e. The molecule has 0 amide bonds. The molecule has 0 saturated carbocycles. The molecule has 2 rings (SSSR count). The van der Waals surface area contributed by atoms with E-state index in [-0.39, 0.29) is 6.04 Å². The summed E-state index contributed by atoms with van der Waals surface area (Å²) in [7, 11) is 1.62. The van der Waals surface area contributed by atoms with Gasteiger partial charge in [-0.05, 0) is 48.9 Å². The maximum Gasteiger partial charge on any atom is 0.339 e. The maximum absolute atomic E-state index is 11.4. The number of hydrogen-bond acceptors (Lipinski definition) is 5. The number of aromatic amines is 1. The number of halogens is 1. The van der Waals surface area contributed by atoms with E-state index in [1.807, 2.05) is 19.1 Å². The fourth-order valence-electron chi connectivity index (χ4n) is 1.80. The summed E-state index contributed by atoms with van der Waals surface area (Å²) in [6.07, 6.45) is 0.653. The third-order valence-electron chi connectivity index (χ3n) is 2.71. The van der Waals surface area contributed by atoms with E-state index < -0.39 is 11.1 Å². The van der Waals surface area contributed by atoms with Crippen LogP contribution in [-0.2, 0) is 13.5 Å². The third kappa shape index (κ3) is 3.96. The van der Waals surface area contributed by atoms with Crippen molar-refractivity contribution < 1.29 is 0 Å². The topological polar surface area (TPSA) is 93.8 Å². The number of rotatable bonds is 4. The molecule has 21 heavy (non-hydrogen) atoms. The smallest absolute Gasteiger partial charge is 0.328 e. The summed E-state index contributed by atoms with van der Waals surface area (Å²) in [4.78, 5) is 27.3. The predicted octanol–water partition coefficient (Wildman–Crippen LogP) is 1.16. The molecule has 1 unspecified atom stereocenters. The van der Waals surface area contributed by atoms with E-state index >= 15 is 0 Å². The van der Waals surface area contributed by atoms with Crippen molar-refractivity contribution in [2.24, 2.45) is 12.8 Å². The van der Waals surface area contributed by atoms with Gasteiger partial charge in [-0.15, -0.1) is 0 Å². The van der Waals surface area contributed by atoms with Crippen LogP contribution in [0.25, 0.3) is 0 Å². The lowest BCUT2D eigenvalue weighted by Gasteiger charge is -2.12. The van der Waals surface area contributed by atoms with Crippen LogP contribution in [0.2, 0.25) is 5.02 Å². The SMILES string of the molecule is CC(N)Cc1cc(Cl)ccc1Sc1nc(=O)c(=O)[nH]n1C. The molecule has 112 valence electrons. The number of aromatic nitrogens is 3. The summed E-state index contributed by atoms with van der Waals surface area (Å²) >= 11 is 7.29. The van der Waals surface area contributed by atoms with Gasteiger partial charge in [-0.25, -0.2) is 0 Å². The lowest BCUT2D eigenvalue weighted by Crippen LogP contribution is -2.33. The van der Waals surface area contributed by atoms with Crippen molar-refractivity contribution in [2.45, 2.75) is 29.4 Å². The molecule has 0 spiro atoms. The van der Waals surface area contributed by atoms with Gasteiger partial charge < -0.3 is 5.73 Å². The molecular weight excluding hydrogens is 312 g/mol. The number of nitrogens with one attached hydrogen (secondary N) is 1. The Kier molecular flexibility index (Phi) is 4.87. The minimum absolute atomic E-state index is 0.0184. The molecule has 0 fully saturated rings. The number of nitrogens with zero attached hydrogens (tertiary/aromatic N) is 2. The van der Waals surface area contributed by atoms with Gasteiger partial charge >= 0.3 is 11.1 Å². The molecule has 0 radical (unpaired) electrons. The highest BCUT2D eigenvalue weighted by molar-refractivity contribution is 7.99. The highest BCUT2D eigenvalue weighted by Crippen LogP contribution is 2.30. The van der Waals surface area contributed by atoms with Crippen LogP contribution in [0.15, 0.2) is 37.8 Å². The van der Waals surface area contributed by atoms with Crippen LogP contribution >= 0.6 is 23.4 Å². The Morgan fingerprint density at radius 1 is 1.48 bits per heavy atom. The standard InChI is InChI=1S/C13H15ClN4O2S/c1-7(15)5-8-6-9(14)3-4-10(8)21-13-16-11(19)12(20)17-18(13)2/h3-4,6-7H,5,15H2,1-2H3,(H,17,20). The number of benzene rings is 1. The zero-order valence-electron chi connectivity index (χ0n) is 11.6. The molecule has 1 heterocycles. The Labute approximate surface area is 130 Å². The molecule has 1 aromatic heterocycles. The first kappa shape index (κ1) is 15.8. The van der Waals surface area contributed by atoms with E-state index in [1.165, 1.54) is 16.4 Å². The molecule has 8 heteroatoms. The van der Waals surface area contributed by atoms with Gasteiger partial charge in [0, 0.05) is 23.0 Å². The van der Waals surface area contributed by atoms with Crippen molar-refractivity contribution in [1.82, 2.24) is 14.8 Å². The quantitative estimate of drug-likeness (QED) is 0.822. The van der Waals surface area contributed by atoms with Crippen molar-refractivity contribution in [3.8, 4) is 0 Å². The Morgan fingerprint density at radius 2 is 2.19 bits per heavy atom. The van der Waals surface area contributed by atoms with Gasteiger partial charge in [-0.2, -0.15) is 4.98 Å².